The average Bonchev–Trinajstić information content (AvgIpc) is 2.65. The van der Waals surface area contributed by atoms with Gasteiger partial charge in [-0.15, -0.1) is 0 Å². The van der Waals surface area contributed by atoms with E-state index in [1.165, 1.54) is 18.5 Å². The summed E-state index contributed by atoms with van der Waals surface area (Å²) in [7, 11) is 3.83. The Hall–Kier alpha value is -2.77. The van der Waals surface area contributed by atoms with Gasteiger partial charge < -0.3 is 15.1 Å². The van der Waals surface area contributed by atoms with Gasteiger partial charge >= 0.3 is 0 Å². The van der Waals surface area contributed by atoms with E-state index in [2.05, 4.69) is 15.3 Å². The zero-order valence-corrected chi connectivity index (χ0v) is 15.5. The van der Waals surface area contributed by atoms with Gasteiger partial charge in [-0.2, -0.15) is 0 Å². The second-order valence-electron chi connectivity index (χ2n) is 6.87. The molecule has 1 fully saturated rings. The van der Waals surface area contributed by atoms with E-state index in [0.29, 0.717) is 13.1 Å². The number of nitrogens with zero attached hydrogens (tertiary/aromatic N) is 4. The van der Waals surface area contributed by atoms with Crippen molar-refractivity contribution in [2.45, 2.75) is 25.3 Å². The van der Waals surface area contributed by atoms with Crippen LogP contribution in [0.4, 0.5) is 20.4 Å². The first-order valence-electron chi connectivity index (χ1n) is 8.90. The van der Waals surface area contributed by atoms with Crippen LogP contribution >= 0.6 is 0 Å². The van der Waals surface area contributed by atoms with Crippen LogP contribution in [0.25, 0.3) is 0 Å². The summed E-state index contributed by atoms with van der Waals surface area (Å²) in [5.74, 6) is 0.113. The van der Waals surface area contributed by atoms with Gasteiger partial charge in [0.1, 0.15) is 29.6 Å². The van der Waals surface area contributed by atoms with E-state index in [1.54, 1.807) is 4.90 Å². The molecule has 1 aliphatic rings. The summed E-state index contributed by atoms with van der Waals surface area (Å²) >= 11 is 0. The molecule has 1 aliphatic heterocycles. The minimum atomic E-state index is -0.680. The topological polar surface area (TPSA) is 61.4 Å². The summed E-state index contributed by atoms with van der Waals surface area (Å²) in [5, 5.41) is 3.38. The van der Waals surface area contributed by atoms with Crippen LogP contribution in [0, 0.1) is 11.6 Å². The molecule has 1 aromatic carbocycles. The van der Waals surface area contributed by atoms with Crippen LogP contribution in [0.15, 0.2) is 30.6 Å². The fourth-order valence-electron chi connectivity index (χ4n) is 3.09. The van der Waals surface area contributed by atoms with Gasteiger partial charge in [0.15, 0.2) is 0 Å². The van der Waals surface area contributed by atoms with Gasteiger partial charge in [0.25, 0.3) is 0 Å². The highest BCUT2D eigenvalue weighted by molar-refractivity contribution is 5.79. The first-order valence-corrected chi connectivity index (χ1v) is 8.90. The molecular formula is C19H23F2N5O. The first kappa shape index (κ1) is 19.0. The predicted octanol–water partition coefficient (Wildman–Crippen LogP) is 2.47. The molecule has 27 heavy (non-hydrogen) atoms. The Bertz CT molecular complexity index is 806. The number of nitrogens with one attached hydrogen (secondary N) is 1. The van der Waals surface area contributed by atoms with Crippen molar-refractivity contribution in [3.8, 4) is 0 Å². The molecule has 1 N–H and O–H groups in total. The quantitative estimate of drug-likeness (QED) is 0.870. The average molecular weight is 375 g/mol. The maximum atomic E-state index is 13.7. The van der Waals surface area contributed by atoms with E-state index in [9.17, 15) is 13.6 Å². The lowest BCUT2D eigenvalue weighted by Gasteiger charge is -2.32. The SMILES string of the molecule is CN(C)c1cc(NC2CCN(C(=O)Cc3ccc(F)cc3F)CC2)ncn1. The van der Waals surface area contributed by atoms with E-state index in [4.69, 9.17) is 0 Å². The summed E-state index contributed by atoms with van der Waals surface area (Å²) in [6.07, 6.45) is 3.02. The first-order chi connectivity index (χ1) is 12.9. The van der Waals surface area contributed by atoms with Gasteiger partial charge in [0, 0.05) is 45.4 Å². The smallest absolute Gasteiger partial charge is 0.227 e. The third-order valence-corrected chi connectivity index (χ3v) is 4.67. The van der Waals surface area contributed by atoms with E-state index < -0.39 is 11.6 Å². The molecule has 0 unspecified atom stereocenters. The number of aromatic nitrogens is 2. The standard InChI is InChI=1S/C19H23F2N5O/c1-25(2)18-11-17(22-12-23-18)24-15-5-7-26(8-6-15)19(27)9-13-3-4-14(20)10-16(13)21/h3-4,10-12,15H,5-9H2,1-2H3,(H,22,23,24). The van der Waals surface area contributed by atoms with Crippen LogP contribution in [0.5, 0.6) is 0 Å². The third kappa shape index (κ3) is 4.90. The van der Waals surface area contributed by atoms with Crippen LogP contribution in [-0.4, -0.2) is 54.0 Å². The summed E-state index contributed by atoms with van der Waals surface area (Å²) in [5.41, 5.74) is 0.221. The Morgan fingerprint density at radius 1 is 1.22 bits per heavy atom. The molecule has 2 heterocycles. The Balaban J connectivity index is 1.52. The lowest BCUT2D eigenvalue weighted by atomic mass is 10.0. The number of anilines is 2. The van der Waals surface area contributed by atoms with Crippen molar-refractivity contribution in [2.24, 2.45) is 0 Å². The monoisotopic (exact) mass is 375 g/mol. The van der Waals surface area contributed by atoms with Crippen molar-refractivity contribution in [1.82, 2.24) is 14.9 Å². The van der Waals surface area contributed by atoms with Gasteiger partial charge in [-0.25, -0.2) is 18.7 Å². The maximum absolute atomic E-state index is 13.7. The normalized spacial score (nSPS) is 14.9. The highest BCUT2D eigenvalue weighted by Crippen LogP contribution is 2.19. The number of amides is 1. The molecule has 0 radical (unpaired) electrons. The second-order valence-corrected chi connectivity index (χ2v) is 6.87. The zero-order valence-electron chi connectivity index (χ0n) is 15.5. The molecule has 8 heteroatoms. The predicted molar refractivity (Wildman–Crippen MR) is 99.6 cm³/mol. The Kier molecular flexibility index (Phi) is 5.83. The van der Waals surface area contributed by atoms with Gasteiger partial charge in [-0.1, -0.05) is 6.07 Å². The highest BCUT2D eigenvalue weighted by atomic mass is 19.1. The molecule has 0 spiro atoms. The molecule has 0 saturated carbocycles. The molecule has 2 aromatic rings. The molecular weight excluding hydrogens is 352 g/mol. The van der Waals surface area contributed by atoms with Gasteiger partial charge in [0.2, 0.25) is 5.91 Å². The molecule has 1 aromatic heterocycles. The molecule has 6 nitrogen and oxygen atoms in total. The number of hydrogen-bond donors (Lipinski definition) is 1. The molecule has 144 valence electrons. The zero-order chi connectivity index (χ0) is 19.4. The van der Waals surface area contributed by atoms with Crippen LogP contribution in [0.2, 0.25) is 0 Å². The van der Waals surface area contributed by atoms with Gasteiger partial charge in [0.05, 0.1) is 6.42 Å². The maximum Gasteiger partial charge on any atom is 0.227 e. The minimum Gasteiger partial charge on any atom is -0.367 e. The largest absolute Gasteiger partial charge is 0.367 e. The van der Waals surface area contributed by atoms with Crippen LogP contribution < -0.4 is 10.2 Å². The van der Waals surface area contributed by atoms with Crippen molar-refractivity contribution in [1.29, 1.82) is 0 Å². The summed E-state index contributed by atoms with van der Waals surface area (Å²) in [6.45, 7) is 1.18. The van der Waals surface area contributed by atoms with Gasteiger partial charge in [-0.05, 0) is 24.5 Å². The number of carbonyl (C=O) groups excluding carboxylic acids is 1. The Morgan fingerprint density at radius 2 is 1.96 bits per heavy atom. The van der Waals surface area contributed by atoms with Crippen molar-refractivity contribution in [3.05, 3.63) is 47.8 Å². The van der Waals surface area contributed by atoms with Crippen molar-refractivity contribution < 1.29 is 13.6 Å². The third-order valence-electron chi connectivity index (χ3n) is 4.67. The molecule has 0 atom stereocenters. The van der Waals surface area contributed by atoms with Crippen LogP contribution in [0.1, 0.15) is 18.4 Å². The van der Waals surface area contributed by atoms with Crippen molar-refractivity contribution >= 4 is 17.5 Å². The number of halogens is 2. The van der Waals surface area contributed by atoms with Crippen molar-refractivity contribution in [3.63, 3.8) is 0 Å². The van der Waals surface area contributed by atoms with E-state index >= 15 is 0 Å². The molecule has 0 aliphatic carbocycles. The number of benzene rings is 1. The number of likely N-dealkylation sites (tertiary alicyclic amines) is 1. The van der Waals surface area contributed by atoms with Crippen molar-refractivity contribution in [2.75, 3.05) is 37.4 Å². The number of rotatable bonds is 5. The van der Waals surface area contributed by atoms with Gasteiger partial charge in [-0.3, -0.25) is 4.79 Å². The Morgan fingerprint density at radius 3 is 2.63 bits per heavy atom. The minimum absolute atomic E-state index is 0.0533. The molecule has 3 rings (SSSR count). The number of hydrogen-bond acceptors (Lipinski definition) is 5. The summed E-state index contributed by atoms with van der Waals surface area (Å²) in [4.78, 5) is 24.5. The molecule has 1 amide bonds. The number of piperidine rings is 1. The summed E-state index contributed by atoms with van der Waals surface area (Å²) < 4.78 is 26.7. The fourth-order valence-corrected chi connectivity index (χ4v) is 3.09. The molecule has 0 bridgehead atoms. The molecule has 1 saturated heterocycles. The second kappa shape index (κ2) is 8.28. The van der Waals surface area contributed by atoms with E-state index in [1.807, 2.05) is 25.1 Å². The number of carbonyl (C=O) groups is 1. The lowest BCUT2D eigenvalue weighted by Crippen LogP contribution is -2.43. The Labute approximate surface area is 157 Å². The van der Waals surface area contributed by atoms with E-state index in [0.717, 1.165) is 30.5 Å². The fraction of sp³-hybridized carbons (Fsp3) is 0.421. The highest BCUT2D eigenvalue weighted by Gasteiger charge is 2.23. The van der Waals surface area contributed by atoms with Crippen LogP contribution in [0.3, 0.4) is 0 Å². The van der Waals surface area contributed by atoms with E-state index in [-0.39, 0.29) is 23.9 Å². The lowest BCUT2D eigenvalue weighted by molar-refractivity contribution is -0.131. The van der Waals surface area contributed by atoms with Crippen LogP contribution in [-0.2, 0) is 11.2 Å². The summed E-state index contributed by atoms with van der Waals surface area (Å²) in [6, 6.07) is 5.40.